The van der Waals surface area contributed by atoms with Gasteiger partial charge >= 0.3 is 0 Å². The van der Waals surface area contributed by atoms with Gasteiger partial charge in [-0.2, -0.15) is 0 Å². The number of thiophene rings is 1. The first kappa shape index (κ1) is 19.9. The molecular weight excluding hydrogens is 376 g/mol. The minimum atomic E-state index is -0.183. The summed E-state index contributed by atoms with van der Waals surface area (Å²) < 4.78 is 10.8. The molecule has 1 aromatic carbocycles. The normalized spacial score (nSPS) is 12.9. The molecule has 0 radical (unpaired) electrons. The molecule has 1 aliphatic rings. The maximum atomic E-state index is 12.5. The number of nitrogens with one attached hydrogen (secondary N) is 2. The molecule has 2 N–H and O–H groups in total. The van der Waals surface area contributed by atoms with Gasteiger partial charge in [-0.15, -0.1) is 17.9 Å². The fourth-order valence-corrected chi connectivity index (χ4v) is 3.71. The fourth-order valence-electron chi connectivity index (χ4n) is 2.88. The van der Waals surface area contributed by atoms with Crippen LogP contribution in [0.1, 0.15) is 33.6 Å². The van der Waals surface area contributed by atoms with Crippen LogP contribution in [0.3, 0.4) is 0 Å². The number of amides is 2. The van der Waals surface area contributed by atoms with E-state index in [0.29, 0.717) is 34.3 Å². The molecule has 1 fully saturated rings. The molecule has 0 bridgehead atoms. The highest BCUT2D eigenvalue weighted by atomic mass is 32.1. The first-order valence-electron chi connectivity index (χ1n) is 9.09. The van der Waals surface area contributed by atoms with Crippen molar-refractivity contribution in [2.45, 2.75) is 25.8 Å². The summed E-state index contributed by atoms with van der Waals surface area (Å²) in [5, 5.41) is 6.47. The van der Waals surface area contributed by atoms with Crippen LogP contribution in [0.5, 0.6) is 11.5 Å². The van der Waals surface area contributed by atoms with Crippen molar-refractivity contribution in [3.8, 4) is 11.5 Å². The Morgan fingerprint density at radius 2 is 2.04 bits per heavy atom. The summed E-state index contributed by atoms with van der Waals surface area (Å²) in [6.07, 6.45) is 4.33. The summed E-state index contributed by atoms with van der Waals surface area (Å²) in [7, 11) is 3.18. The van der Waals surface area contributed by atoms with Crippen LogP contribution in [-0.2, 0) is 17.8 Å². The second kappa shape index (κ2) is 8.93. The van der Waals surface area contributed by atoms with Crippen molar-refractivity contribution < 1.29 is 19.1 Å². The largest absolute Gasteiger partial charge is 0.493 e. The molecule has 7 heteroatoms. The molecule has 1 saturated carbocycles. The Labute approximate surface area is 168 Å². The molecule has 3 rings (SSSR count). The van der Waals surface area contributed by atoms with Gasteiger partial charge in [-0.25, -0.2) is 0 Å². The molecule has 0 atom stereocenters. The Hall–Kier alpha value is -2.80. The lowest BCUT2D eigenvalue weighted by atomic mass is 10.1. The molecule has 2 aromatic rings. The van der Waals surface area contributed by atoms with E-state index in [2.05, 4.69) is 17.2 Å². The number of ether oxygens (including phenoxy) is 2. The van der Waals surface area contributed by atoms with E-state index in [1.54, 1.807) is 32.4 Å². The zero-order valence-electron chi connectivity index (χ0n) is 16.0. The molecule has 0 spiro atoms. The summed E-state index contributed by atoms with van der Waals surface area (Å²) in [5.74, 6) is 1.28. The minimum absolute atomic E-state index is 0.0360. The average Bonchev–Trinajstić information content (AvgIpc) is 3.45. The van der Waals surface area contributed by atoms with E-state index < -0.39 is 0 Å². The van der Waals surface area contributed by atoms with Gasteiger partial charge in [-0.1, -0.05) is 6.08 Å². The molecule has 148 valence electrons. The number of allylic oxidation sites excluding steroid dienone is 1. The Balaban J connectivity index is 1.65. The van der Waals surface area contributed by atoms with Gasteiger partial charge in [0.15, 0.2) is 11.5 Å². The quantitative estimate of drug-likeness (QED) is 0.628. The topological polar surface area (TPSA) is 76.7 Å². The third kappa shape index (κ3) is 4.72. The van der Waals surface area contributed by atoms with Gasteiger partial charge in [0.05, 0.1) is 24.1 Å². The molecule has 1 heterocycles. The lowest BCUT2D eigenvalue weighted by Gasteiger charge is -2.14. The van der Waals surface area contributed by atoms with E-state index in [1.165, 1.54) is 11.3 Å². The molecule has 0 aliphatic heterocycles. The first-order chi connectivity index (χ1) is 13.5. The second-order valence-corrected chi connectivity index (χ2v) is 7.68. The van der Waals surface area contributed by atoms with Crippen molar-refractivity contribution >= 4 is 28.2 Å². The van der Waals surface area contributed by atoms with Crippen molar-refractivity contribution in [3.05, 3.63) is 52.9 Å². The van der Waals surface area contributed by atoms with E-state index >= 15 is 0 Å². The third-order valence-electron chi connectivity index (χ3n) is 4.46. The number of benzene rings is 1. The van der Waals surface area contributed by atoms with Gasteiger partial charge in [-0.05, 0) is 49.1 Å². The van der Waals surface area contributed by atoms with Crippen LogP contribution in [0.2, 0.25) is 0 Å². The smallest absolute Gasteiger partial charge is 0.261 e. The standard InChI is InChI=1S/C21H24N2O4S/c1-4-5-15-10-13(11-16(26-2)19(15)27-3)12-22-21(25)17-8-9-18(28-17)23-20(24)14-6-7-14/h4,8-11,14H,1,5-7,12H2,2-3H3,(H,22,25)(H,23,24). The maximum absolute atomic E-state index is 12.5. The predicted molar refractivity (Wildman–Crippen MR) is 110 cm³/mol. The van der Waals surface area contributed by atoms with Gasteiger partial charge in [0, 0.05) is 18.0 Å². The van der Waals surface area contributed by atoms with Crippen molar-refractivity contribution in [1.29, 1.82) is 0 Å². The number of hydrogen-bond donors (Lipinski definition) is 2. The van der Waals surface area contributed by atoms with Gasteiger partial charge < -0.3 is 20.1 Å². The molecule has 2 amide bonds. The number of carbonyl (C=O) groups is 2. The average molecular weight is 401 g/mol. The van der Waals surface area contributed by atoms with Crippen LogP contribution in [-0.4, -0.2) is 26.0 Å². The molecule has 6 nitrogen and oxygen atoms in total. The van der Waals surface area contributed by atoms with Crippen molar-refractivity contribution in [2.75, 3.05) is 19.5 Å². The van der Waals surface area contributed by atoms with E-state index in [1.807, 2.05) is 12.1 Å². The zero-order valence-corrected chi connectivity index (χ0v) is 16.9. The number of anilines is 1. The first-order valence-corrected chi connectivity index (χ1v) is 9.91. The summed E-state index contributed by atoms with van der Waals surface area (Å²) >= 11 is 1.27. The second-order valence-electron chi connectivity index (χ2n) is 6.59. The van der Waals surface area contributed by atoms with E-state index in [-0.39, 0.29) is 17.7 Å². The summed E-state index contributed by atoms with van der Waals surface area (Å²) in [6, 6.07) is 7.30. The highest BCUT2D eigenvalue weighted by Gasteiger charge is 2.29. The molecule has 1 aliphatic carbocycles. The van der Waals surface area contributed by atoms with Gasteiger partial charge in [-0.3, -0.25) is 9.59 Å². The number of rotatable bonds is 9. The fraction of sp³-hybridized carbons (Fsp3) is 0.333. The van der Waals surface area contributed by atoms with Crippen LogP contribution in [0, 0.1) is 5.92 Å². The van der Waals surface area contributed by atoms with Crippen molar-refractivity contribution in [3.63, 3.8) is 0 Å². The van der Waals surface area contributed by atoms with Crippen LogP contribution < -0.4 is 20.1 Å². The van der Waals surface area contributed by atoms with Crippen molar-refractivity contribution in [1.82, 2.24) is 5.32 Å². The molecule has 28 heavy (non-hydrogen) atoms. The third-order valence-corrected chi connectivity index (χ3v) is 5.46. The summed E-state index contributed by atoms with van der Waals surface area (Å²) in [6.45, 7) is 4.13. The van der Waals surface area contributed by atoms with Crippen LogP contribution >= 0.6 is 11.3 Å². The highest BCUT2D eigenvalue weighted by molar-refractivity contribution is 7.18. The number of hydrogen-bond acceptors (Lipinski definition) is 5. The summed E-state index contributed by atoms with van der Waals surface area (Å²) in [4.78, 5) is 24.8. The van der Waals surface area contributed by atoms with Crippen LogP contribution in [0.4, 0.5) is 5.00 Å². The SMILES string of the molecule is C=CCc1cc(CNC(=O)c2ccc(NC(=O)C3CC3)s2)cc(OC)c1OC. The molecular formula is C21H24N2O4S. The van der Waals surface area contributed by atoms with Crippen molar-refractivity contribution in [2.24, 2.45) is 5.92 Å². The van der Waals surface area contributed by atoms with E-state index in [0.717, 1.165) is 24.0 Å². The Morgan fingerprint density at radius 1 is 1.25 bits per heavy atom. The van der Waals surface area contributed by atoms with E-state index in [9.17, 15) is 9.59 Å². The maximum Gasteiger partial charge on any atom is 0.261 e. The number of methoxy groups -OCH3 is 2. The lowest BCUT2D eigenvalue weighted by molar-refractivity contribution is -0.117. The van der Waals surface area contributed by atoms with Gasteiger partial charge in [0.1, 0.15) is 0 Å². The summed E-state index contributed by atoms with van der Waals surface area (Å²) in [5.41, 5.74) is 1.85. The molecule has 0 unspecified atom stereocenters. The number of carbonyl (C=O) groups excluding carboxylic acids is 2. The highest BCUT2D eigenvalue weighted by Crippen LogP contribution is 2.33. The molecule has 1 aromatic heterocycles. The van der Waals surface area contributed by atoms with Gasteiger partial charge in [0.25, 0.3) is 5.91 Å². The van der Waals surface area contributed by atoms with Gasteiger partial charge in [0.2, 0.25) is 5.91 Å². The monoisotopic (exact) mass is 400 g/mol. The molecule has 0 saturated heterocycles. The Kier molecular flexibility index (Phi) is 6.36. The van der Waals surface area contributed by atoms with E-state index in [4.69, 9.17) is 9.47 Å². The van der Waals surface area contributed by atoms with Crippen LogP contribution in [0.15, 0.2) is 36.9 Å². The zero-order chi connectivity index (χ0) is 20.1. The predicted octanol–water partition coefficient (Wildman–Crippen LogP) is 3.77. The van der Waals surface area contributed by atoms with Crippen LogP contribution in [0.25, 0.3) is 0 Å². The Morgan fingerprint density at radius 3 is 2.68 bits per heavy atom. The Bertz CT molecular complexity index is 887. The lowest BCUT2D eigenvalue weighted by Crippen LogP contribution is -2.22. The minimum Gasteiger partial charge on any atom is -0.493 e.